The van der Waals surface area contributed by atoms with E-state index in [1.54, 1.807) is 0 Å². The van der Waals surface area contributed by atoms with Gasteiger partial charge in [0, 0.05) is 29.3 Å². The van der Waals surface area contributed by atoms with Gasteiger partial charge in [-0.3, -0.25) is 4.79 Å². The van der Waals surface area contributed by atoms with Gasteiger partial charge in [0.2, 0.25) is 5.91 Å². The average Bonchev–Trinajstić information content (AvgIpc) is 3.23. The summed E-state index contributed by atoms with van der Waals surface area (Å²) in [5, 5.41) is 0.523. The molecule has 1 heterocycles. The molecule has 0 spiro atoms. The molecule has 3 nitrogen and oxygen atoms in total. The topological polar surface area (TPSA) is 46.3 Å². The van der Waals surface area contributed by atoms with Gasteiger partial charge in [0.25, 0.3) is 0 Å². The second-order valence-electron chi connectivity index (χ2n) is 6.02. The number of nitrogen functional groups attached to an aromatic ring is 1. The number of carbonyl (C=O) groups is 1. The number of amides is 1. The maximum absolute atomic E-state index is 13.0. The van der Waals surface area contributed by atoms with Gasteiger partial charge in [-0.2, -0.15) is 11.8 Å². The van der Waals surface area contributed by atoms with Crippen molar-refractivity contribution in [2.24, 2.45) is 0 Å². The normalized spacial score (nSPS) is 28.2. The summed E-state index contributed by atoms with van der Waals surface area (Å²) in [6, 6.07) is 8.18. The number of hydrogen-bond acceptors (Lipinski definition) is 3. The molecule has 3 rings (SSSR count). The number of hydrogen-bond donors (Lipinski definition) is 1. The van der Waals surface area contributed by atoms with E-state index in [2.05, 4.69) is 18.7 Å². The standard InChI is InChI=1S/C16H22N2OS/c1-11-12(2)20-10-9-18(11)15(19)16(7-8-16)13-3-5-14(17)6-4-13/h3-6,11-12H,7-10,17H2,1-2H3. The summed E-state index contributed by atoms with van der Waals surface area (Å²) in [6.45, 7) is 5.27. The monoisotopic (exact) mass is 290 g/mol. The first-order valence-corrected chi connectivity index (χ1v) is 8.38. The van der Waals surface area contributed by atoms with Crippen LogP contribution in [0.5, 0.6) is 0 Å². The van der Waals surface area contributed by atoms with Crippen LogP contribution in [0.15, 0.2) is 24.3 Å². The SMILES string of the molecule is CC1SCCN(C(=O)C2(c3ccc(N)cc3)CC2)C1C. The van der Waals surface area contributed by atoms with Crippen LogP contribution in [0.25, 0.3) is 0 Å². The minimum atomic E-state index is -0.260. The minimum Gasteiger partial charge on any atom is -0.399 e. The Balaban J connectivity index is 1.84. The lowest BCUT2D eigenvalue weighted by molar-refractivity contribution is -0.135. The summed E-state index contributed by atoms with van der Waals surface area (Å²) >= 11 is 1.97. The molecule has 1 amide bonds. The van der Waals surface area contributed by atoms with Crippen LogP contribution < -0.4 is 5.73 Å². The van der Waals surface area contributed by atoms with E-state index in [-0.39, 0.29) is 5.41 Å². The molecule has 4 heteroatoms. The Morgan fingerprint density at radius 1 is 1.30 bits per heavy atom. The summed E-state index contributed by atoms with van der Waals surface area (Å²) < 4.78 is 0. The first-order valence-electron chi connectivity index (χ1n) is 7.33. The molecular formula is C16H22N2OS. The van der Waals surface area contributed by atoms with Gasteiger partial charge in [-0.05, 0) is 37.5 Å². The Kier molecular flexibility index (Phi) is 3.44. The van der Waals surface area contributed by atoms with Crippen LogP contribution in [0.3, 0.4) is 0 Å². The lowest BCUT2D eigenvalue weighted by Crippen LogP contribution is -2.51. The number of nitrogens with zero attached hydrogens (tertiary/aromatic N) is 1. The molecule has 0 bridgehead atoms. The Hall–Kier alpha value is -1.16. The summed E-state index contributed by atoms with van der Waals surface area (Å²) in [5.41, 5.74) is 7.38. The van der Waals surface area contributed by atoms with Gasteiger partial charge < -0.3 is 10.6 Å². The lowest BCUT2D eigenvalue weighted by Gasteiger charge is -2.39. The zero-order valence-corrected chi connectivity index (χ0v) is 13.0. The van der Waals surface area contributed by atoms with E-state index in [1.807, 2.05) is 36.0 Å². The van der Waals surface area contributed by atoms with Gasteiger partial charge in [0.05, 0.1) is 5.41 Å². The van der Waals surface area contributed by atoms with Gasteiger partial charge in [-0.25, -0.2) is 0 Å². The molecule has 1 aromatic carbocycles. The van der Waals surface area contributed by atoms with Gasteiger partial charge in [0.15, 0.2) is 0 Å². The Morgan fingerprint density at radius 3 is 2.55 bits per heavy atom. The second-order valence-corrected chi connectivity index (χ2v) is 7.50. The molecule has 108 valence electrons. The van der Waals surface area contributed by atoms with Crippen molar-refractivity contribution in [3.63, 3.8) is 0 Å². The van der Waals surface area contributed by atoms with Crippen molar-refractivity contribution in [2.75, 3.05) is 18.0 Å². The number of rotatable bonds is 2. The molecule has 2 unspecified atom stereocenters. The summed E-state index contributed by atoms with van der Waals surface area (Å²) in [5.74, 6) is 1.37. The fraction of sp³-hybridized carbons (Fsp3) is 0.562. The van der Waals surface area contributed by atoms with E-state index in [4.69, 9.17) is 5.73 Å². The van der Waals surface area contributed by atoms with Crippen LogP contribution in [-0.4, -0.2) is 34.4 Å². The minimum absolute atomic E-state index is 0.260. The fourth-order valence-electron chi connectivity index (χ4n) is 3.05. The summed E-state index contributed by atoms with van der Waals surface area (Å²) in [7, 11) is 0. The van der Waals surface area contributed by atoms with Crippen molar-refractivity contribution in [1.82, 2.24) is 4.90 Å². The molecule has 0 aromatic heterocycles. The van der Waals surface area contributed by atoms with Crippen LogP contribution in [0.2, 0.25) is 0 Å². The van der Waals surface area contributed by atoms with Crippen LogP contribution in [0.4, 0.5) is 5.69 Å². The maximum atomic E-state index is 13.0. The predicted molar refractivity (Wildman–Crippen MR) is 84.9 cm³/mol. The van der Waals surface area contributed by atoms with Crippen LogP contribution in [0, 0.1) is 0 Å². The molecule has 1 aromatic rings. The number of benzene rings is 1. The molecule has 1 saturated carbocycles. The van der Waals surface area contributed by atoms with E-state index >= 15 is 0 Å². The fourth-order valence-corrected chi connectivity index (χ4v) is 4.15. The molecule has 2 fully saturated rings. The zero-order valence-electron chi connectivity index (χ0n) is 12.1. The maximum Gasteiger partial charge on any atom is 0.233 e. The van der Waals surface area contributed by atoms with Crippen molar-refractivity contribution in [2.45, 2.75) is 43.4 Å². The highest BCUT2D eigenvalue weighted by Crippen LogP contribution is 2.50. The van der Waals surface area contributed by atoms with Gasteiger partial charge >= 0.3 is 0 Å². The van der Waals surface area contributed by atoms with E-state index < -0.39 is 0 Å². The van der Waals surface area contributed by atoms with Gasteiger partial charge in [-0.15, -0.1) is 0 Å². The van der Waals surface area contributed by atoms with Gasteiger partial charge in [-0.1, -0.05) is 19.1 Å². The third kappa shape index (κ3) is 2.20. The highest BCUT2D eigenvalue weighted by atomic mass is 32.2. The molecule has 1 aliphatic carbocycles. The van der Waals surface area contributed by atoms with Crippen LogP contribution in [0.1, 0.15) is 32.3 Å². The Morgan fingerprint density at radius 2 is 1.95 bits per heavy atom. The smallest absolute Gasteiger partial charge is 0.233 e. The molecular weight excluding hydrogens is 268 g/mol. The van der Waals surface area contributed by atoms with E-state index in [1.165, 1.54) is 0 Å². The van der Waals surface area contributed by atoms with Gasteiger partial charge in [0.1, 0.15) is 0 Å². The average molecular weight is 290 g/mol. The summed E-state index contributed by atoms with van der Waals surface area (Å²) in [6.07, 6.45) is 1.95. The summed E-state index contributed by atoms with van der Waals surface area (Å²) in [4.78, 5) is 15.1. The first-order chi connectivity index (χ1) is 9.54. The Bertz CT molecular complexity index is 510. The van der Waals surface area contributed by atoms with Crippen molar-refractivity contribution < 1.29 is 4.79 Å². The quantitative estimate of drug-likeness (QED) is 0.852. The number of thioether (sulfide) groups is 1. The van der Waals surface area contributed by atoms with Crippen molar-refractivity contribution in [1.29, 1.82) is 0 Å². The predicted octanol–water partition coefficient (Wildman–Crippen LogP) is 2.65. The molecule has 20 heavy (non-hydrogen) atoms. The molecule has 0 radical (unpaired) electrons. The van der Waals surface area contributed by atoms with Crippen LogP contribution in [-0.2, 0) is 10.2 Å². The van der Waals surface area contributed by atoms with E-state index in [0.29, 0.717) is 17.2 Å². The molecule has 1 saturated heterocycles. The molecule has 1 aliphatic heterocycles. The largest absolute Gasteiger partial charge is 0.399 e. The Labute approximate surface area is 124 Å². The van der Waals surface area contributed by atoms with Crippen LogP contribution >= 0.6 is 11.8 Å². The number of anilines is 1. The van der Waals surface area contributed by atoms with Crippen molar-refractivity contribution in [3.05, 3.63) is 29.8 Å². The zero-order chi connectivity index (χ0) is 14.3. The number of nitrogens with two attached hydrogens (primary N) is 1. The highest BCUT2D eigenvalue weighted by Gasteiger charge is 2.54. The third-order valence-electron chi connectivity index (χ3n) is 4.77. The number of carbonyl (C=O) groups excluding carboxylic acids is 1. The van der Waals surface area contributed by atoms with Crippen molar-refractivity contribution >= 4 is 23.4 Å². The highest BCUT2D eigenvalue weighted by molar-refractivity contribution is 8.00. The lowest BCUT2D eigenvalue weighted by atomic mass is 9.93. The third-order valence-corrected chi connectivity index (χ3v) is 6.11. The second kappa shape index (κ2) is 4.99. The molecule has 2 aliphatic rings. The van der Waals surface area contributed by atoms with E-state index in [9.17, 15) is 4.79 Å². The molecule has 2 atom stereocenters. The van der Waals surface area contributed by atoms with Crippen molar-refractivity contribution in [3.8, 4) is 0 Å². The first kappa shape index (κ1) is 13.8. The van der Waals surface area contributed by atoms with E-state index in [0.717, 1.165) is 36.4 Å². The molecule has 2 N–H and O–H groups in total.